The van der Waals surface area contributed by atoms with Gasteiger partial charge < -0.3 is 34.8 Å². The third-order valence-electron chi connectivity index (χ3n) is 2.02. The fourth-order valence-corrected chi connectivity index (χ4v) is 1.25. The van der Waals surface area contributed by atoms with Gasteiger partial charge >= 0.3 is 13.3 Å². The van der Waals surface area contributed by atoms with E-state index in [1.807, 2.05) is 0 Å². The predicted octanol–water partition coefficient (Wildman–Crippen LogP) is -3.45. The Kier molecular flexibility index (Phi) is 4.02. The molecule has 0 bridgehead atoms. The van der Waals surface area contributed by atoms with Crippen LogP contribution >= 0.6 is 0 Å². The van der Waals surface area contributed by atoms with Gasteiger partial charge in [-0.05, 0) is 0 Å². The van der Waals surface area contributed by atoms with Crippen molar-refractivity contribution >= 4 is 13.3 Å². The highest BCUT2D eigenvalue weighted by Gasteiger charge is 2.46. The summed E-state index contributed by atoms with van der Waals surface area (Å²) >= 11 is 0. The van der Waals surface area contributed by atoms with E-state index in [0.717, 1.165) is 0 Å². The predicted molar refractivity (Wildman–Crippen MR) is 44.5 cm³/mol. The summed E-state index contributed by atoms with van der Waals surface area (Å²) in [5.41, 5.74) is 0. The highest BCUT2D eigenvalue weighted by Crippen LogP contribution is 2.20. The van der Waals surface area contributed by atoms with E-state index in [1.165, 1.54) is 0 Å². The van der Waals surface area contributed by atoms with Crippen molar-refractivity contribution in [2.75, 3.05) is 6.61 Å². The highest BCUT2D eigenvalue weighted by atomic mass is 16.7. The van der Waals surface area contributed by atoms with E-state index in [9.17, 15) is 9.90 Å². The molecule has 8 nitrogen and oxygen atoms in total. The van der Waals surface area contributed by atoms with Crippen molar-refractivity contribution < 1.29 is 39.6 Å². The molecule has 1 fully saturated rings. The topological polar surface area (TPSA) is 137 Å². The van der Waals surface area contributed by atoms with Crippen molar-refractivity contribution in [3.05, 3.63) is 0 Å². The van der Waals surface area contributed by atoms with Gasteiger partial charge in [-0.2, -0.15) is 0 Å². The van der Waals surface area contributed by atoms with Gasteiger partial charge in [0, 0.05) is 0 Å². The first kappa shape index (κ1) is 12.4. The van der Waals surface area contributed by atoms with E-state index in [4.69, 9.17) is 20.3 Å². The second kappa shape index (κ2) is 4.88. The molecule has 1 rings (SSSR count). The van der Waals surface area contributed by atoms with Crippen molar-refractivity contribution in [1.82, 2.24) is 0 Å². The van der Waals surface area contributed by atoms with Crippen molar-refractivity contribution in [3.63, 3.8) is 0 Å². The SMILES string of the molecule is O=C(O)[C@H](O)[C@H](O)[C@H]1OB(O)O[C@H]1CO. The Labute approximate surface area is 84.8 Å². The average Bonchev–Trinajstić information content (AvgIpc) is 2.57. The van der Waals surface area contributed by atoms with Gasteiger partial charge in [0.2, 0.25) is 0 Å². The molecule has 1 aliphatic rings. The van der Waals surface area contributed by atoms with E-state index >= 15 is 0 Å². The molecule has 15 heavy (non-hydrogen) atoms. The van der Waals surface area contributed by atoms with Crippen LogP contribution in [0, 0.1) is 0 Å². The summed E-state index contributed by atoms with van der Waals surface area (Å²) < 4.78 is 9.19. The molecule has 9 heteroatoms. The summed E-state index contributed by atoms with van der Waals surface area (Å²) in [6.07, 6.45) is -6.24. The van der Waals surface area contributed by atoms with Crippen molar-refractivity contribution in [2.24, 2.45) is 0 Å². The maximum absolute atomic E-state index is 10.3. The number of aliphatic hydroxyl groups excluding tert-OH is 3. The molecule has 1 saturated heterocycles. The number of hydrogen-bond acceptors (Lipinski definition) is 7. The number of carboxylic acids is 1. The number of hydrogen-bond donors (Lipinski definition) is 5. The number of aliphatic hydroxyl groups is 3. The molecule has 1 aliphatic heterocycles. The largest absolute Gasteiger partial charge is 0.637 e. The van der Waals surface area contributed by atoms with Gasteiger partial charge in [0.15, 0.2) is 6.10 Å². The van der Waals surface area contributed by atoms with Crippen LogP contribution in [0.1, 0.15) is 0 Å². The van der Waals surface area contributed by atoms with E-state index in [2.05, 4.69) is 9.31 Å². The van der Waals surface area contributed by atoms with E-state index in [-0.39, 0.29) is 0 Å². The lowest BCUT2D eigenvalue weighted by molar-refractivity contribution is -0.158. The summed E-state index contributed by atoms with van der Waals surface area (Å²) in [5, 5.41) is 44.4. The molecule has 0 aromatic rings. The standard InChI is InChI=1S/C6H11BO8/c8-1-2-5(15-7(13)14-2)3(9)4(10)6(11)12/h2-5,8-10,13H,1H2,(H,11,12)/t2-,3-,4+,5-/m0/s1. The zero-order chi connectivity index (χ0) is 11.6. The van der Waals surface area contributed by atoms with Gasteiger partial charge in [-0.3, -0.25) is 0 Å². The smallest absolute Gasteiger partial charge is 0.479 e. The van der Waals surface area contributed by atoms with Crippen LogP contribution in [-0.2, 0) is 14.1 Å². The highest BCUT2D eigenvalue weighted by molar-refractivity contribution is 6.35. The Morgan fingerprint density at radius 1 is 1.40 bits per heavy atom. The van der Waals surface area contributed by atoms with Crippen LogP contribution in [0.3, 0.4) is 0 Å². The molecule has 4 atom stereocenters. The van der Waals surface area contributed by atoms with Crippen LogP contribution in [0.25, 0.3) is 0 Å². The molecule has 0 amide bonds. The molecule has 0 unspecified atom stereocenters. The Morgan fingerprint density at radius 2 is 2.00 bits per heavy atom. The summed E-state index contributed by atoms with van der Waals surface area (Å²) in [4.78, 5) is 10.3. The molecule has 0 radical (unpaired) electrons. The van der Waals surface area contributed by atoms with E-state index in [0.29, 0.717) is 0 Å². The first-order valence-corrected chi connectivity index (χ1v) is 4.16. The molecular formula is C6H11BO8. The zero-order valence-electron chi connectivity index (χ0n) is 7.55. The molecule has 0 saturated carbocycles. The van der Waals surface area contributed by atoms with Gasteiger partial charge in [-0.1, -0.05) is 0 Å². The Bertz CT molecular complexity index is 235. The van der Waals surface area contributed by atoms with Gasteiger partial charge in [0.05, 0.1) is 12.7 Å². The monoisotopic (exact) mass is 222 g/mol. The third-order valence-corrected chi connectivity index (χ3v) is 2.02. The molecule has 0 aromatic carbocycles. The Hall–Kier alpha value is -0.705. The molecule has 0 spiro atoms. The first-order chi connectivity index (χ1) is 6.97. The van der Waals surface area contributed by atoms with E-state index in [1.54, 1.807) is 0 Å². The quantitative estimate of drug-likeness (QED) is 0.309. The van der Waals surface area contributed by atoms with Crippen LogP contribution in [0.4, 0.5) is 0 Å². The minimum atomic E-state index is -2.07. The fraction of sp³-hybridized carbons (Fsp3) is 0.833. The van der Waals surface area contributed by atoms with Crippen molar-refractivity contribution in [2.45, 2.75) is 24.4 Å². The number of carbonyl (C=O) groups is 1. The molecule has 0 aliphatic carbocycles. The maximum atomic E-state index is 10.3. The molecule has 0 aromatic heterocycles. The van der Waals surface area contributed by atoms with Crippen LogP contribution in [0.5, 0.6) is 0 Å². The first-order valence-electron chi connectivity index (χ1n) is 4.16. The van der Waals surface area contributed by atoms with Crippen molar-refractivity contribution in [3.8, 4) is 0 Å². The zero-order valence-corrected chi connectivity index (χ0v) is 7.55. The summed E-state index contributed by atoms with van der Waals surface area (Å²) in [6, 6.07) is 0. The van der Waals surface area contributed by atoms with Gasteiger partial charge in [-0.25, -0.2) is 4.79 Å². The maximum Gasteiger partial charge on any atom is 0.637 e. The van der Waals surface area contributed by atoms with Crippen LogP contribution in [0.2, 0.25) is 0 Å². The Morgan fingerprint density at radius 3 is 2.47 bits per heavy atom. The normalized spacial score (nSPS) is 30.3. The average molecular weight is 222 g/mol. The second-order valence-electron chi connectivity index (χ2n) is 3.04. The molecule has 5 N–H and O–H groups in total. The van der Waals surface area contributed by atoms with Crippen molar-refractivity contribution in [1.29, 1.82) is 0 Å². The molecule has 1 heterocycles. The number of aliphatic carboxylic acids is 1. The second-order valence-corrected chi connectivity index (χ2v) is 3.04. The van der Waals surface area contributed by atoms with E-state index < -0.39 is 44.3 Å². The fourth-order valence-electron chi connectivity index (χ4n) is 1.25. The van der Waals surface area contributed by atoms with Gasteiger partial charge in [0.25, 0.3) is 0 Å². The summed E-state index contributed by atoms with van der Waals surface area (Å²) in [5.74, 6) is -1.64. The lowest BCUT2D eigenvalue weighted by Gasteiger charge is -2.23. The molecular weight excluding hydrogens is 211 g/mol. The van der Waals surface area contributed by atoms with Gasteiger partial charge in [-0.15, -0.1) is 0 Å². The molecule has 86 valence electrons. The summed E-state index contributed by atoms with van der Waals surface area (Å²) in [7, 11) is -1.65. The minimum absolute atomic E-state index is 0.578. The van der Waals surface area contributed by atoms with Crippen LogP contribution in [0.15, 0.2) is 0 Å². The number of carboxylic acid groups (broad SMARTS) is 1. The summed E-state index contributed by atoms with van der Waals surface area (Å²) in [6.45, 7) is -0.578. The third kappa shape index (κ3) is 2.65. The van der Waals surface area contributed by atoms with Crippen LogP contribution < -0.4 is 0 Å². The lowest BCUT2D eigenvalue weighted by atomic mass is 10.0. The number of rotatable bonds is 4. The van der Waals surface area contributed by atoms with Crippen LogP contribution in [-0.4, -0.2) is 69.8 Å². The lowest BCUT2D eigenvalue weighted by Crippen LogP contribution is -2.47. The minimum Gasteiger partial charge on any atom is -0.479 e. The Balaban J connectivity index is 2.65. The van der Waals surface area contributed by atoms with Gasteiger partial charge in [0.1, 0.15) is 12.2 Å².